The molecule has 17 heavy (non-hydrogen) atoms. The number of carboxylic acids is 1. The minimum atomic E-state index is -1.02. The first-order valence-electron chi connectivity index (χ1n) is 4.77. The Labute approximate surface area is 97.0 Å². The van der Waals surface area contributed by atoms with E-state index in [0.717, 1.165) is 0 Å². The molecule has 0 aliphatic carbocycles. The van der Waals surface area contributed by atoms with Crippen LogP contribution in [0, 0.1) is 11.3 Å². The molecule has 1 aromatic carbocycles. The van der Waals surface area contributed by atoms with Gasteiger partial charge in [-0.2, -0.15) is 5.26 Å². The van der Waals surface area contributed by atoms with Crippen molar-refractivity contribution in [3.05, 3.63) is 47.9 Å². The molecule has 0 spiro atoms. The topological polar surface area (TPSA) is 86.9 Å². The molecule has 0 saturated heterocycles. The Hall–Kier alpha value is -2.74. The van der Waals surface area contributed by atoms with E-state index < -0.39 is 5.97 Å². The van der Waals surface area contributed by atoms with Crippen LogP contribution in [0.2, 0.25) is 0 Å². The second-order valence-corrected chi connectivity index (χ2v) is 3.25. The standard InChI is InChI=1S/C12H7N3O2/c13-7-10-11(15-5-4-14-10)8-2-1-3-9(6-8)12(16)17/h1-6H,(H,16,17). The van der Waals surface area contributed by atoms with Gasteiger partial charge in [-0.05, 0) is 12.1 Å². The average molecular weight is 225 g/mol. The molecule has 0 saturated carbocycles. The van der Waals surface area contributed by atoms with Crippen molar-refractivity contribution in [2.45, 2.75) is 0 Å². The van der Waals surface area contributed by atoms with Gasteiger partial charge in [-0.1, -0.05) is 12.1 Å². The number of carboxylic acid groups (broad SMARTS) is 1. The molecule has 0 radical (unpaired) electrons. The normalized spacial score (nSPS) is 9.59. The zero-order chi connectivity index (χ0) is 12.3. The molecule has 0 bridgehead atoms. The van der Waals surface area contributed by atoms with Gasteiger partial charge < -0.3 is 5.11 Å². The first-order valence-corrected chi connectivity index (χ1v) is 4.77. The molecule has 0 aliphatic heterocycles. The van der Waals surface area contributed by atoms with Crippen LogP contribution in [0.5, 0.6) is 0 Å². The quantitative estimate of drug-likeness (QED) is 0.840. The van der Waals surface area contributed by atoms with Gasteiger partial charge in [0.2, 0.25) is 0 Å². The van der Waals surface area contributed by atoms with Crippen molar-refractivity contribution in [1.82, 2.24) is 9.97 Å². The lowest BCUT2D eigenvalue weighted by Crippen LogP contribution is -1.97. The van der Waals surface area contributed by atoms with Crippen LogP contribution in [0.15, 0.2) is 36.7 Å². The molecule has 0 fully saturated rings. The molecule has 5 heteroatoms. The summed E-state index contributed by atoms with van der Waals surface area (Å²) >= 11 is 0. The van der Waals surface area contributed by atoms with Crippen molar-refractivity contribution in [2.24, 2.45) is 0 Å². The molecule has 2 rings (SSSR count). The summed E-state index contributed by atoms with van der Waals surface area (Å²) in [6.45, 7) is 0. The van der Waals surface area contributed by atoms with Gasteiger partial charge in [0.05, 0.1) is 5.56 Å². The highest BCUT2D eigenvalue weighted by molar-refractivity contribution is 5.89. The minimum Gasteiger partial charge on any atom is -0.478 e. The van der Waals surface area contributed by atoms with Gasteiger partial charge in [0.25, 0.3) is 0 Å². The maximum absolute atomic E-state index is 10.8. The predicted molar refractivity (Wildman–Crippen MR) is 59.1 cm³/mol. The summed E-state index contributed by atoms with van der Waals surface area (Å²) in [5, 5.41) is 17.8. The number of aromatic nitrogens is 2. The Balaban J connectivity index is 2.57. The molecule has 1 aromatic heterocycles. The Morgan fingerprint density at radius 2 is 2.06 bits per heavy atom. The summed E-state index contributed by atoms with van der Waals surface area (Å²) in [4.78, 5) is 18.8. The van der Waals surface area contributed by atoms with Crippen molar-refractivity contribution in [3.8, 4) is 17.3 Å². The number of nitrogens with zero attached hydrogens (tertiary/aromatic N) is 3. The summed E-state index contributed by atoms with van der Waals surface area (Å²) < 4.78 is 0. The van der Waals surface area contributed by atoms with E-state index in [-0.39, 0.29) is 11.3 Å². The highest BCUT2D eigenvalue weighted by Crippen LogP contribution is 2.20. The van der Waals surface area contributed by atoms with E-state index >= 15 is 0 Å². The molecular weight excluding hydrogens is 218 g/mol. The van der Waals surface area contributed by atoms with Gasteiger partial charge in [0.15, 0.2) is 5.69 Å². The number of rotatable bonds is 2. The molecule has 0 aliphatic rings. The number of carbonyl (C=O) groups is 1. The lowest BCUT2D eigenvalue weighted by molar-refractivity contribution is 0.0697. The van der Waals surface area contributed by atoms with Crippen LogP contribution < -0.4 is 0 Å². The summed E-state index contributed by atoms with van der Waals surface area (Å²) in [5.41, 5.74) is 1.28. The SMILES string of the molecule is N#Cc1nccnc1-c1cccc(C(=O)O)c1. The first-order chi connectivity index (χ1) is 8.22. The Kier molecular flexibility index (Phi) is 2.79. The minimum absolute atomic E-state index is 0.150. The summed E-state index contributed by atoms with van der Waals surface area (Å²) in [6, 6.07) is 8.17. The van der Waals surface area contributed by atoms with E-state index in [1.54, 1.807) is 12.1 Å². The molecule has 82 valence electrons. The van der Waals surface area contributed by atoms with E-state index in [9.17, 15) is 4.79 Å². The first kappa shape index (κ1) is 10.8. The van der Waals surface area contributed by atoms with Crippen LogP contribution >= 0.6 is 0 Å². The summed E-state index contributed by atoms with van der Waals surface area (Å²) in [5.74, 6) is -1.02. The van der Waals surface area contributed by atoms with E-state index in [4.69, 9.17) is 10.4 Å². The van der Waals surface area contributed by atoms with Gasteiger partial charge in [0.1, 0.15) is 11.8 Å². The second-order valence-electron chi connectivity index (χ2n) is 3.25. The maximum Gasteiger partial charge on any atom is 0.335 e. The third-order valence-corrected chi connectivity index (χ3v) is 2.19. The van der Waals surface area contributed by atoms with Crippen molar-refractivity contribution in [1.29, 1.82) is 5.26 Å². The molecular formula is C12H7N3O2. The van der Waals surface area contributed by atoms with Gasteiger partial charge in [-0.3, -0.25) is 4.98 Å². The third kappa shape index (κ3) is 2.11. The Bertz CT molecular complexity index is 617. The molecule has 0 unspecified atom stereocenters. The monoisotopic (exact) mass is 225 g/mol. The molecule has 0 atom stereocenters. The van der Waals surface area contributed by atoms with Gasteiger partial charge in [-0.15, -0.1) is 0 Å². The predicted octanol–water partition coefficient (Wildman–Crippen LogP) is 1.71. The van der Waals surface area contributed by atoms with Crippen molar-refractivity contribution < 1.29 is 9.90 Å². The molecule has 1 heterocycles. The zero-order valence-corrected chi connectivity index (χ0v) is 8.66. The van der Waals surface area contributed by atoms with E-state index in [1.807, 2.05) is 6.07 Å². The fraction of sp³-hybridized carbons (Fsp3) is 0. The van der Waals surface area contributed by atoms with E-state index in [1.165, 1.54) is 24.5 Å². The van der Waals surface area contributed by atoms with Crippen LogP contribution in [-0.2, 0) is 0 Å². The largest absolute Gasteiger partial charge is 0.478 e. The lowest BCUT2D eigenvalue weighted by Gasteiger charge is -2.02. The maximum atomic E-state index is 10.8. The van der Waals surface area contributed by atoms with E-state index in [0.29, 0.717) is 11.3 Å². The highest BCUT2D eigenvalue weighted by atomic mass is 16.4. The average Bonchev–Trinajstić information content (AvgIpc) is 2.39. The van der Waals surface area contributed by atoms with Gasteiger partial charge in [-0.25, -0.2) is 9.78 Å². The molecule has 2 aromatic rings. The van der Waals surface area contributed by atoms with Gasteiger partial charge >= 0.3 is 5.97 Å². The second kappa shape index (κ2) is 4.41. The van der Waals surface area contributed by atoms with Crippen molar-refractivity contribution >= 4 is 5.97 Å². The smallest absolute Gasteiger partial charge is 0.335 e. The fourth-order valence-corrected chi connectivity index (χ4v) is 1.43. The third-order valence-electron chi connectivity index (χ3n) is 2.19. The number of benzene rings is 1. The van der Waals surface area contributed by atoms with Crippen LogP contribution in [-0.4, -0.2) is 21.0 Å². The molecule has 0 amide bonds. The number of nitriles is 1. The number of hydrogen-bond donors (Lipinski definition) is 1. The van der Waals surface area contributed by atoms with Crippen LogP contribution in [0.4, 0.5) is 0 Å². The number of aromatic carboxylic acids is 1. The molecule has 5 nitrogen and oxygen atoms in total. The summed E-state index contributed by atoms with van der Waals surface area (Å²) in [6.07, 6.45) is 2.88. The van der Waals surface area contributed by atoms with Gasteiger partial charge in [0, 0.05) is 18.0 Å². The Morgan fingerprint density at radius 1 is 1.29 bits per heavy atom. The summed E-state index contributed by atoms with van der Waals surface area (Å²) in [7, 11) is 0. The van der Waals surface area contributed by atoms with E-state index in [2.05, 4.69) is 9.97 Å². The van der Waals surface area contributed by atoms with Crippen LogP contribution in [0.1, 0.15) is 16.1 Å². The Morgan fingerprint density at radius 3 is 2.76 bits per heavy atom. The van der Waals surface area contributed by atoms with Crippen molar-refractivity contribution in [3.63, 3.8) is 0 Å². The van der Waals surface area contributed by atoms with Crippen LogP contribution in [0.25, 0.3) is 11.3 Å². The molecule has 1 N–H and O–H groups in total. The van der Waals surface area contributed by atoms with Crippen molar-refractivity contribution in [2.75, 3.05) is 0 Å². The number of hydrogen-bond acceptors (Lipinski definition) is 4. The van der Waals surface area contributed by atoms with Crippen LogP contribution in [0.3, 0.4) is 0 Å². The lowest BCUT2D eigenvalue weighted by atomic mass is 10.1. The fourth-order valence-electron chi connectivity index (χ4n) is 1.43. The zero-order valence-electron chi connectivity index (χ0n) is 8.66. The highest BCUT2D eigenvalue weighted by Gasteiger charge is 2.09.